The number of ether oxygens (including phenoxy) is 1. The number of anilines is 1. The monoisotopic (exact) mass is 369 g/mol. The first-order valence-electron chi connectivity index (χ1n) is 8.04. The summed E-state index contributed by atoms with van der Waals surface area (Å²) in [4.78, 5) is 12.5. The second-order valence-electron chi connectivity index (χ2n) is 5.69. The van der Waals surface area contributed by atoms with Crippen molar-refractivity contribution >= 4 is 23.4 Å². The molecule has 7 nitrogen and oxygen atoms in total. The van der Waals surface area contributed by atoms with Crippen molar-refractivity contribution < 1.29 is 9.53 Å². The molecule has 134 valence electrons. The van der Waals surface area contributed by atoms with E-state index in [1.807, 2.05) is 56.3 Å². The lowest BCUT2D eigenvalue weighted by molar-refractivity contribution is -0.115. The Morgan fingerprint density at radius 3 is 2.73 bits per heavy atom. The molecule has 0 fully saturated rings. The normalized spacial score (nSPS) is 11.8. The third kappa shape index (κ3) is 4.20. The molecule has 1 N–H and O–H groups in total. The summed E-state index contributed by atoms with van der Waals surface area (Å²) in [7, 11) is 1.59. The molecule has 0 aliphatic heterocycles. The molecule has 1 aromatic heterocycles. The average Bonchev–Trinajstić information content (AvgIpc) is 3.10. The van der Waals surface area contributed by atoms with Crippen LogP contribution in [0.2, 0.25) is 0 Å². The fourth-order valence-electron chi connectivity index (χ4n) is 2.26. The number of rotatable bonds is 6. The van der Waals surface area contributed by atoms with Crippen LogP contribution in [0.3, 0.4) is 0 Å². The van der Waals surface area contributed by atoms with Crippen molar-refractivity contribution in [2.75, 3.05) is 12.4 Å². The summed E-state index contributed by atoms with van der Waals surface area (Å²) in [6.07, 6.45) is 0. The lowest BCUT2D eigenvalue weighted by Crippen LogP contribution is -2.22. The Morgan fingerprint density at radius 2 is 2.00 bits per heavy atom. The molecule has 0 aliphatic rings. The summed E-state index contributed by atoms with van der Waals surface area (Å²) < 4.78 is 6.79. The standard InChI is InChI=1S/C18H19N5O2S/c1-12-7-9-15(10-8-12)23-18(20-21-22-23)26-13(2)17(24)19-14-5-4-6-16(11-14)25-3/h4-11,13H,1-3H3,(H,19,24)/t13-/m0/s1. The molecule has 0 saturated heterocycles. The third-order valence-electron chi connectivity index (χ3n) is 3.71. The highest BCUT2D eigenvalue weighted by Gasteiger charge is 2.19. The van der Waals surface area contributed by atoms with Gasteiger partial charge in [0.05, 0.1) is 18.0 Å². The molecular weight excluding hydrogens is 350 g/mol. The van der Waals surface area contributed by atoms with E-state index < -0.39 is 0 Å². The number of carbonyl (C=O) groups is 1. The number of hydrogen-bond acceptors (Lipinski definition) is 6. The van der Waals surface area contributed by atoms with Crippen molar-refractivity contribution in [2.45, 2.75) is 24.3 Å². The van der Waals surface area contributed by atoms with Gasteiger partial charge in [0.2, 0.25) is 11.1 Å². The number of nitrogens with zero attached hydrogens (tertiary/aromatic N) is 4. The van der Waals surface area contributed by atoms with Gasteiger partial charge < -0.3 is 10.1 Å². The molecular formula is C18H19N5O2S. The topological polar surface area (TPSA) is 81.9 Å². The first-order chi connectivity index (χ1) is 12.6. The smallest absolute Gasteiger partial charge is 0.237 e. The molecule has 0 bridgehead atoms. The lowest BCUT2D eigenvalue weighted by atomic mass is 10.2. The number of methoxy groups -OCH3 is 1. The number of thioether (sulfide) groups is 1. The number of aromatic nitrogens is 4. The zero-order valence-electron chi connectivity index (χ0n) is 14.7. The highest BCUT2D eigenvalue weighted by atomic mass is 32.2. The molecule has 2 aromatic carbocycles. The number of amides is 1. The van der Waals surface area contributed by atoms with Crippen LogP contribution in [0.1, 0.15) is 12.5 Å². The first-order valence-corrected chi connectivity index (χ1v) is 8.92. The molecule has 0 unspecified atom stereocenters. The van der Waals surface area contributed by atoms with E-state index in [4.69, 9.17) is 4.74 Å². The quantitative estimate of drug-likeness (QED) is 0.673. The molecule has 0 aliphatic carbocycles. The maximum atomic E-state index is 12.5. The Morgan fingerprint density at radius 1 is 1.23 bits per heavy atom. The number of aryl methyl sites for hydroxylation is 1. The van der Waals surface area contributed by atoms with Crippen LogP contribution < -0.4 is 10.1 Å². The van der Waals surface area contributed by atoms with E-state index in [9.17, 15) is 4.79 Å². The molecule has 26 heavy (non-hydrogen) atoms. The molecule has 1 heterocycles. The van der Waals surface area contributed by atoms with Gasteiger partial charge in [-0.25, -0.2) is 0 Å². The summed E-state index contributed by atoms with van der Waals surface area (Å²) in [6.45, 7) is 3.83. The molecule has 3 rings (SSSR count). The van der Waals surface area contributed by atoms with E-state index in [1.165, 1.54) is 11.8 Å². The number of hydrogen-bond donors (Lipinski definition) is 1. The van der Waals surface area contributed by atoms with Gasteiger partial charge in [-0.15, -0.1) is 5.10 Å². The van der Waals surface area contributed by atoms with Gasteiger partial charge >= 0.3 is 0 Å². The van der Waals surface area contributed by atoms with Crippen LogP contribution in [0.15, 0.2) is 53.7 Å². The van der Waals surface area contributed by atoms with Crippen LogP contribution in [0.25, 0.3) is 5.69 Å². The Balaban J connectivity index is 1.70. The summed E-state index contributed by atoms with van der Waals surface area (Å²) >= 11 is 1.30. The van der Waals surface area contributed by atoms with Crippen molar-refractivity contribution in [3.05, 3.63) is 54.1 Å². The third-order valence-corrected chi connectivity index (χ3v) is 4.74. The van der Waals surface area contributed by atoms with E-state index in [1.54, 1.807) is 17.9 Å². The second kappa shape index (κ2) is 8.01. The van der Waals surface area contributed by atoms with Crippen LogP contribution in [0.4, 0.5) is 5.69 Å². The van der Waals surface area contributed by atoms with Crippen molar-refractivity contribution in [1.29, 1.82) is 0 Å². The number of tetrazole rings is 1. The van der Waals surface area contributed by atoms with E-state index in [0.717, 1.165) is 11.3 Å². The Hall–Kier alpha value is -2.87. The van der Waals surface area contributed by atoms with Crippen LogP contribution >= 0.6 is 11.8 Å². The van der Waals surface area contributed by atoms with Gasteiger partial charge in [-0.3, -0.25) is 4.79 Å². The molecule has 0 spiro atoms. The van der Waals surface area contributed by atoms with Gasteiger partial charge in [-0.2, -0.15) is 4.68 Å². The zero-order chi connectivity index (χ0) is 18.5. The van der Waals surface area contributed by atoms with Crippen LogP contribution in [-0.4, -0.2) is 38.5 Å². The minimum Gasteiger partial charge on any atom is -0.497 e. The predicted molar refractivity (Wildman–Crippen MR) is 101 cm³/mol. The SMILES string of the molecule is COc1cccc(NC(=O)[C@H](C)Sc2nnnn2-c2ccc(C)cc2)c1. The van der Waals surface area contributed by atoms with Gasteiger partial charge in [0.15, 0.2) is 0 Å². The van der Waals surface area contributed by atoms with Crippen LogP contribution in [0, 0.1) is 6.92 Å². The Labute approximate surface area is 155 Å². The number of nitrogens with one attached hydrogen (secondary N) is 1. The van der Waals surface area contributed by atoms with Crippen LogP contribution in [0.5, 0.6) is 5.75 Å². The summed E-state index contributed by atoms with van der Waals surface area (Å²) in [5.74, 6) is 0.549. The van der Waals surface area contributed by atoms with Crippen molar-refractivity contribution in [3.63, 3.8) is 0 Å². The highest BCUT2D eigenvalue weighted by Crippen LogP contribution is 2.24. The fraction of sp³-hybridized carbons (Fsp3) is 0.222. The van der Waals surface area contributed by atoms with Crippen LogP contribution in [-0.2, 0) is 4.79 Å². The fourth-order valence-corrected chi connectivity index (χ4v) is 3.06. The molecule has 1 amide bonds. The molecule has 3 aromatic rings. The van der Waals surface area contributed by atoms with Crippen molar-refractivity contribution in [2.24, 2.45) is 0 Å². The Bertz CT molecular complexity index is 895. The van der Waals surface area contributed by atoms with Gasteiger partial charge in [0, 0.05) is 11.8 Å². The number of carbonyl (C=O) groups excluding carboxylic acids is 1. The summed E-state index contributed by atoms with van der Waals surface area (Å²) in [5.41, 5.74) is 2.69. The predicted octanol–water partition coefficient (Wildman–Crippen LogP) is 3.10. The van der Waals surface area contributed by atoms with E-state index >= 15 is 0 Å². The summed E-state index contributed by atoms with van der Waals surface area (Å²) in [6, 6.07) is 15.1. The van der Waals surface area contributed by atoms with Gasteiger partial charge in [-0.05, 0) is 48.5 Å². The maximum Gasteiger partial charge on any atom is 0.237 e. The molecule has 0 saturated carbocycles. The first kappa shape index (κ1) is 17.9. The highest BCUT2D eigenvalue weighted by molar-refractivity contribution is 8.00. The maximum absolute atomic E-state index is 12.5. The van der Waals surface area contributed by atoms with Gasteiger partial charge in [0.25, 0.3) is 0 Å². The molecule has 8 heteroatoms. The van der Waals surface area contributed by atoms with Crippen molar-refractivity contribution in [3.8, 4) is 11.4 Å². The lowest BCUT2D eigenvalue weighted by Gasteiger charge is -2.12. The van der Waals surface area contributed by atoms with E-state index in [2.05, 4.69) is 20.8 Å². The Kier molecular flexibility index (Phi) is 5.52. The van der Waals surface area contributed by atoms with Gasteiger partial charge in [0.1, 0.15) is 5.75 Å². The van der Waals surface area contributed by atoms with Gasteiger partial charge in [-0.1, -0.05) is 35.5 Å². The average molecular weight is 369 g/mol. The van der Waals surface area contributed by atoms with E-state index in [0.29, 0.717) is 16.6 Å². The zero-order valence-corrected chi connectivity index (χ0v) is 15.5. The number of benzene rings is 2. The van der Waals surface area contributed by atoms with Crippen molar-refractivity contribution in [1.82, 2.24) is 20.2 Å². The molecule has 1 atom stereocenters. The molecule has 0 radical (unpaired) electrons. The van der Waals surface area contributed by atoms with E-state index in [-0.39, 0.29) is 11.2 Å². The summed E-state index contributed by atoms with van der Waals surface area (Å²) in [5, 5.41) is 14.8. The minimum atomic E-state index is -0.378. The largest absolute Gasteiger partial charge is 0.497 e. The second-order valence-corrected chi connectivity index (χ2v) is 7.00. The minimum absolute atomic E-state index is 0.137.